The van der Waals surface area contributed by atoms with Crippen LogP contribution in [0.4, 0.5) is 4.39 Å². The van der Waals surface area contributed by atoms with Gasteiger partial charge in [-0.15, -0.1) is 11.3 Å². The van der Waals surface area contributed by atoms with Crippen LogP contribution in [0, 0.1) is 5.82 Å². The van der Waals surface area contributed by atoms with Gasteiger partial charge in [0.1, 0.15) is 15.7 Å². The van der Waals surface area contributed by atoms with E-state index in [4.69, 9.17) is 4.74 Å². The van der Waals surface area contributed by atoms with Crippen LogP contribution in [-0.2, 0) is 9.53 Å². The zero-order chi connectivity index (χ0) is 16.4. The molecule has 8 heteroatoms. The van der Waals surface area contributed by atoms with E-state index in [1.165, 1.54) is 12.3 Å². The number of carbonyl (C=O) groups excluding carboxylic acids is 1. The van der Waals surface area contributed by atoms with Crippen LogP contribution < -0.4 is 5.32 Å². The van der Waals surface area contributed by atoms with Gasteiger partial charge in [-0.2, -0.15) is 0 Å². The molecule has 1 aliphatic heterocycles. The minimum Gasteiger partial charge on any atom is -0.479 e. The molecule has 1 aromatic carbocycles. The Labute approximate surface area is 134 Å². The molecule has 1 atom stereocenters. The molecule has 2 N–H and O–H groups in total. The summed E-state index contributed by atoms with van der Waals surface area (Å²) in [5.41, 5.74) is -1.12. The molecule has 120 valence electrons. The predicted octanol–water partition coefficient (Wildman–Crippen LogP) is 1.92. The van der Waals surface area contributed by atoms with E-state index >= 15 is 0 Å². The number of benzene rings is 1. The summed E-state index contributed by atoms with van der Waals surface area (Å²) in [5.74, 6) is -2.12. The first-order chi connectivity index (χ1) is 11.0. The third-order valence-electron chi connectivity index (χ3n) is 3.62. The number of halogens is 1. The van der Waals surface area contributed by atoms with Crippen molar-refractivity contribution in [2.75, 3.05) is 13.2 Å². The molecule has 1 amide bonds. The van der Waals surface area contributed by atoms with E-state index in [0.29, 0.717) is 10.6 Å². The monoisotopic (exact) mass is 336 g/mol. The Morgan fingerprint density at radius 3 is 2.83 bits per heavy atom. The lowest BCUT2D eigenvalue weighted by Crippen LogP contribution is -2.55. The SMILES string of the molecule is O=C(NC1(C(=O)O)CCOC1)c1cnc(-c2ccccc2F)s1. The van der Waals surface area contributed by atoms with Gasteiger partial charge in [0.05, 0.1) is 12.8 Å². The summed E-state index contributed by atoms with van der Waals surface area (Å²) in [5, 5.41) is 12.2. The molecule has 6 nitrogen and oxygen atoms in total. The smallest absolute Gasteiger partial charge is 0.331 e. The summed E-state index contributed by atoms with van der Waals surface area (Å²) < 4.78 is 18.8. The highest BCUT2D eigenvalue weighted by Gasteiger charge is 2.44. The van der Waals surface area contributed by atoms with Gasteiger partial charge in [0, 0.05) is 18.6 Å². The molecular weight excluding hydrogens is 323 g/mol. The minimum atomic E-state index is -1.42. The number of hydrogen-bond acceptors (Lipinski definition) is 5. The Bertz CT molecular complexity index is 755. The fraction of sp³-hybridized carbons (Fsp3) is 0.267. The first kappa shape index (κ1) is 15.6. The number of aliphatic carboxylic acids is 1. The fourth-order valence-electron chi connectivity index (χ4n) is 2.30. The second-order valence-corrected chi connectivity index (χ2v) is 6.18. The molecule has 1 aromatic heterocycles. The zero-order valence-electron chi connectivity index (χ0n) is 11.9. The van der Waals surface area contributed by atoms with Gasteiger partial charge in [0.15, 0.2) is 5.54 Å². The fourth-order valence-corrected chi connectivity index (χ4v) is 3.14. The molecule has 0 radical (unpaired) electrons. The van der Waals surface area contributed by atoms with Crippen molar-refractivity contribution in [1.29, 1.82) is 0 Å². The van der Waals surface area contributed by atoms with E-state index in [9.17, 15) is 19.1 Å². The lowest BCUT2D eigenvalue weighted by Gasteiger charge is -2.23. The van der Waals surface area contributed by atoms with Crippen LogP contribution in [0.25, 0.3) is 10.6 Å². The summed E-state index contributed by atoms with van der Waals surface area (Å²) in [6.45, 7) is 0.197. The number of carboxylic acids is 1. The van der Waals surface area contributed by atoms with E-state index in [1.54, 1.807) is 18.2 Å². The van der Waals surface area contributed by atoms with Crippen molar-refractivity contribution in [2.24, 2.45) is 0 Å². The molecule has 0 aliphatic carbocycles. The van der Waals surface area contributed by atoms with Crippen molar-refractivity contribution in [3.05, 3.63) is 41.2 Å². The molecular formula is C15H13FN2O4S. The number of amides is 1. The standard InChI is InChI=1S/C15H13FN2O4S/c16-10-4-2-1-3-9(10)13-17-7-11(23-13)12(19)18-15(14(20)21)5-6-22-8-15/h1-4,7H,5-6,8H2,(H,18,19)(H,20,21). The predicted molar refractivity (Wildman–Crippen MR) is 80.8 cm³/mol. The third kappa shape index (κ3) is 2.95. The molecule has 3 rings (SSSR count). The van der Waals surface area contributed by atoms with Crippen molar-refractivity contribution in [3.8, 4) is 10.6 Å². The van der Waals surface area contributed by atoms with E-state index in [0.717, 1.165) is 11.3 Å². The van der Waals surface area contributed by atoms with Crippen molar-refractivity contribution in [2.45, 2.75) is 12.0 Å². The summed E-state index contributed by atoms with van der Waals surface area (Å²) in [6.07, 6.45) is 1.51. The van der Waals surface area contributed by atoms with E-state index in [2.05, 4.69) is 10.3 Å². The largest absolute Gasteiger partial charge is 0.479 e. The molecule has 1 aliphatic rings. The number of aromatic nitrogens is 1. The summed E-state index contributed by atoms with van der Waals surface area (Å²) >= 11 is 1.01. The number of nitrogens with one attached hydrogen (secondary N) is 1. The summed E-state index contributed by atoms with van der Waals surface area (Å²) in [7, 11) is 0. The first-order valence-electron chi connectivity index (χ1n) is 6.86. The number of nitrogens with zero attached hydrogens (tertiary/aromatic N) is 1. The van der Waals surface area contributed by atoms with E-state index in [1.807, 2.05) is 0 Å². The van der Waals surface area contributed by atoms with Crippen LogP contribution in [0.5, 0.6) is 0 Å². The average Bonchev–Trinajstić information content (AvgIpc) is 3.17. The van der Waals surface area contributed by atoms with Gasteiger partial charge >= 0.3 is 5.97 Å². The highest BCUT2D eigenvalue weighted by molar-refractivity contribution is 7.16. The molecule has 2 heterocycles. The van der Waals surface area contributed by atoms with Crippen molar-refractivity contribution < 1.29 is 23.8 Å². The van der Waals surface area contributed by atoms with Crippen LogP contribution in [0.15, 0.2) is 30.5 Å². The number of carbonyl (C=O) groups is 2. The Kier molecular flexibility index (Phi) is 4.10. The first-order valence-corrected chi connectivity index (χ1v) is 7.68. The third-order valence-corrected chi connectivity index (χ3v) is 4.65. The highest BCUT2D eigenvalue weighted by atomic mass is 32.1. The van der Waals surface area contributed by atoms with Gasteiger partial charge in [-0.3, -0.25) is 4.79 Å². The van der Waals surface area contributed by atoms with Crippen LogP contribution in [-0.4, -0.2) is 40.7 Å². The highest BCUT2D eigenvalue weighted by Crippen LogP contribution is 2.28. The molecule has 1 fully saturated rings. The Morgan fingerprint density at radius 2 is 2.17 bits per heavy atom. The number of ether oxygens (including phenoxy) is 1. The number of carboxylic acid groups (broad SMARTS) is 1. The maximum Gasteiger partial charge on any atom is 0.331 e. The zero-order valence-corrected chi connectivity index (χ0v) is 12.7. The number of thiazole rings is 1. The lowest BCUT2D eigenvalue weighted by molar-refractivity contribution is -0.144. The average molecular weight is 336 g/mol. The second-order valence-electron chi connectivity index (χ2n) is 5.15. The molecule has 0 spiro atoms. The van der Waals surface area contributed by atoms with Crippen molar-refractivity contribution >= 4 is 23.2 Å². The topological polar surface area (TPSA) is 88.5 Å². The van der Waals surface area contributed by atoms with Crippen molar-refractivity contribution in [3.63, 3.8) is 0 Å². The van der Waals surface area contributed by atoms with Crippen LogP contribution in [0.3, 0.4) is 0 Å². The Morgan fingerprint density at radius 1 is 1.39 bits per heavy atom. The Balaban J connectivity index is 1.82. The molecule has 2 aromatic rings. The maximum absolute atomic E-state index is 13.8. The van der Waals surface area contributed by atoms with Gasteiger partial charge in [-0.1, -0.05) is 12.1 Å². The molecule has 0 saturated carbocycles. The summed E-state index contributed by atoms with van der Waals surface area (Å²) in [4.78, 5) is 28.0. The molecule has 1 saturated heterocycles. The summed E-state index contributed by atoms with van der Waals surface area (Å²) in [6, 6.07) is 6.12. The molecule has 0 bridgehead atoms. The minimum absolute atomic E-state index is 0.0763. The normalized spacial score (nSPS) is 20.4. The molecule has 1 unspecified atom stereocenters. The maximum atomic E-state index is 13.8. The van der Waals surface area contributed by atoms with Gasteiger partial charge in [-0.05, 0) is 12.1 Å². The lowest BCUT2D eigenvalue weighted by atomic mass is 9.99. The van der Waals surface area contributed by atoms with Gasteiger partial charge in [0.2, 0.25) is 0 Å². The van der Waals surface area contributed by atoms with Crippen LogP contribution >= 0.6 is 11.3 Å². The van der Waals surface area contributed by atoms with Crippen molar-refractivity contribution in [1.82, 2.24) is 10.3 Å². The quantitative estimate of drug-likeness (QED) is 0.890. The Hall–Kier alpha value is -2.32. The second kappa shape index (κ2) is 6.05. The van der Waals surface area contributed by atoms with E-state index in [-0.39, 0.29) is 24.5 Å². The van der Waals surface area contributed by atoms with Gasteiger partial charge in [0.25, 0.3) is 5.91 Å². The van der Waals surface area contributed by atoms with E-state index < -0.39 is 23.2 Å². The van der Waals surface area contributed by atoms with Gasteiger partial charge < -0.3 is 15.2 Å². The number of rotatable bonds is 4. The van der Waals surface area contributed by atoms with Gasteiger partial charge in [-0.25, -0.2) is 14.2 Å². The molecule has 23 heavy (non-hydrogen) atoms. The van der Waals surface area contributed by atoms with Crippen LogP contribution in [0.2, 0.25) is 0 Å². The van der Waals surface area contributed by atoms with Crippen LogP contribution in [0.1, 0.15) is 16.1 Å². The number of hydrogen-bond donors (Lipinski definition) is 2.